The highest BCUT2D eigenvalue weighted by molar-refractivity contribution is 5.92. The zero-order valence-corrected chi connectivity index (χ0v) is 12.8. The Labute approximate surface area is 133 Å². The first-order valence-electron chi connectivity index (χ1n) is 7.68. The number of nitrogens with zero attached hydrogens (tertiary/aromatic N) is 2. The number of pyridine rings is 1. The molecule has 0 bridgehead atoms. The molecule has 1 aliphatic heterocycles. The van der Waals surface area contributed by atoms with Crippen molar-refractivity contribution in [3.63, 3.8) is 0 Å². The van der Waals surface area contributed by atoms with E-state index in [1.807, 2.05) is 31.2 Å². The predicted molar refractivity (Wildman–Crippen MR) is 86.1 cm³/mol. The van der Waals surface area contributed by atoms with Gasteiger partial charge in [-0.2, -0.15) is 0 Å². The van der Waals surface area contributed by atoms with Gasteiger partial charge in [-0.3, -0.25) is 0 Å². The van der Waals surface area contributed by atoms with Gasteiger partial charge in [-0.25, -0.2) is 9.37 Å². The van der Waals surface area contributed by atoms with Crippen LogP contribution in [-0.4, -0.2) is 24.7 Å². The fourth-order valence-corrected chi connectivity index (χ4v) is 3.10. The van der Waals surface area contributed by atoms with Crippen LogP contribution >= 0.6 is 0 Å². The van der Waals surface area contributed by atoms with Crippen LogP contribution in [-0.2, 0) is 4.74 Å². The topological polar surface area (TPSA) is 38.5 Å². The molecule has 5 heteroatoms. The first-order chi connectivity index (χ1) is 11.2. The van der Waals surface area contributed by atoms with Gasteiger partial charge in [0.15, 0.2) is 0 Å². The maximum absolute atomic E-state index is 14.1. The Balaban J connectivity index is 1.75. The number of halogens is 1. The van der Waals surface area contributed by atoms with Gasteiger partial charge in [-0.15, -0.1) is 0 Å². The van der Waals surface area contributed by atoms with Gasteiger partial charge in [0.2, 0.25) is 0 Å². The number of morpholine rings is 1. The van der Waals surface area contributed by atoms with Crippen LogP contribution in [0.25, 0.3) is 10.9 Å². The lowest BCUT2D eigenvalue weighted by Crippen LogP contribution is -2.38. The molecule has 118 valence electrons. The van der Waals surface area contributed by atoms with Gasteiger partial charge >= 0.3 is 0 Å². The van der Waals surface area contributed by atoms with E-state index in [1.54, 1.807) is 12.3 Å². The summed E-state index contributed by atoms with van der Waals surface area (Å²) in [6.07, 6.45) is 1.54. The van der Waals surface area contributed by atoms with Gasteiger partial charge in [-0.05, 0) is 31.2 Å². The van der Waals surface area contributed by atoms with E-state index in [1.165, 1.54) is 6.07 Å². The molecular formula is C18H17FN2O2. The Morgan fingerprint density at radius 2 is 2.17 bits per heavy atom. The lowest BCUT2D eigenvalue weighted by atomic mass is 10.1. The van der Waals surface area contributed by atoms with E-state index in [-0.39, 0.29) is 11.9 Å². The number of aryl methyl sites for hydroxylation is 1. The minimum Gasteiger partial charge on any atom is -0.467 e. The molecule has 0 radical (unpaired) electrons. The number of benzene rings is 1. The molecule has 0 spiro atoms. The van der Waals surface area contributed by atoms with Gasteiger partial charge in [-0.1, -0.05) is 12.1 Å². The average molecular weight is 312 g/mol. The van der Waals surface area contributed by atoms with Crippen molar-refractivity contribution in [1.82, 2.24) is 4.98 Å². The van der Waals surface area contributed by atoms with Crippen LogP contribution < -0.4 is 4.90 Å². The summed E-state index contributed by atoms with van der Waals surface area (Å²) in [5, 5.41) is 0.829. The number of rotatable bonds is 2. The molecule has 1 saturated heterocycles. The minimum atomic E-state index is -0.289. The third-order valence-corrected chi connectivity index (χ3v) is 4.16. The Morgan fingerprint density at radius 1 is 1.26 bits per heavy atom. The molecule has 1 aromatic carbocycles. The smallest absolute Gasteiger partial charge is 0.149 e. The normalized spacial score (nSPS) is 18.5. The molecule has 1 aliphatic rings. The Kier molecular flexibility index (Phi) is 3.50. The van der Waals surface area contributed by atoms with Crippen molar-refractivity contribution in [2.75, 3.05) is 24.6 Å². The number of para-hydroxylation sites is 1. The number of anilines is 1. The van der Waals surface area contributed by atoms with Gasteiger partial charge in [0, 0.05) is 23.3 Å². The van der Waals surface area contributed by atoms with Crippen molar-refractivity contribution in [2.45, 2.75) is 13.0 Å². The van der Waals surface area contributed by atoms with E-state index in [0.29, 0.717) is 18.7 Å². The van der Waals surface area contributed by atoms with E-state index in [4.69, 9.17) is 9.15 Å². The second-order valence-electron chi connectivity index (χ2n) is 5.74. The number of fused-ring (bicyclic) bond motifs is 1. The molecule has 4 nitrogen and oxygen atoms in total. The summed E-state index contributed by atoms with van der Waals surface area (Å²) in [4.78, 5) is 6.56. The summed E-state index contributed by atoms with van der Waals surface area (Å²) >= 11 is 0. The summed E-state index contributed by atoms with van der Waals surface area (Å²) in [5.74, 6) is 0.527. The van der Waals surface area contributed by atoms with Crippen LogP contribution in [0, 0.1) is 12.7 Å². The summed E-state index contributed by atoms with van der Waals surface area (Å²) < 4.78 is 25.4. The molecule has 3 heterocycles. The van der Waals surface area contributed by atoms with E-state index >= 15 is 0 Å². The van der Waals surface area contributed by atoms with Crippen molar-refractivity contribution in [3.05, 3.63) is 59.9 Å². The number of hydrogen-bond acceptors (Lipinski definition) is 4. The van der Waals surface area contributed by atoms with Crippen LogP contribution in [0.5, 0.6) is 0 Å². The highest BCUT2D eigenvalue weighted by Crippen LogP contribution is 2.32. The highest BCUT2D eigenvalue weighted by atomic mass is 19.1. The predicted octanol–water partition coefficient (Wildman–Crippen LogP) is 3.85. The molecular weight excluding hydrogens is 295 g/mol. The largest absolute Gasteiger partial charge is 0.467 e. The van der Waals surface area contributed by atoms with E-state index in [2.05, 4.69) is 9.88 Å². The third kappa shape index (κ3) is 2.57. The molecule has 4 rings (SSSR count). The lowest BCUT2D eigenvalue weighted by Gasteiger charge is -2.34. The van der Waals surface area contributed by atoms with Gasteiger partial charge < -0.3 is 14.1 Å². The lowest BCUT2D eigenvalue weighted by molar-refractivity contribution is 0.0258. The Morgan fingerprint density at radius 3 is 3.00 bits per heavy atom. The molecule has 3 aromatic rings. The standard InChI is InChI=1S/C18H17FN2O2/c1-12-10-15(13-4-2-5-14(19)18(13)20-12)21-7-9-23-17(11-21)16-6-3-8-22-16/h2-6,8,10,17H,7,9,11H2,1H3. The summed E-state index contributed by atoms with van der Waals surface area (Å²) in [6.45, 7) is 3.91. The first kappa shape index (κ1) is 14.2. The monoisotopic (exact) mass is 312 g/mol. The summed E-state index contributed by atoms with van der Waals surface area (Å²) in [7, 11) is 0. The van der Waals surface area contributed by atoms with Crippen LogP contribution in [0.1, 0.15) is 17.6 Å². The maximum Gasteiger partial charge on any atom is 0.149 e. The quantitative estimate of drug-likeness (QED) is 0.720. The molecule has 0 aliphatic carbocycles. The van der Waals surface area contributed by atoms with Gasteiger partial charge in [0.05, 0.1) is 19.4 Å². The summed E-state index contributed by atoms with van der Waals surface area (Å²) in [5.41, 5.74) is 2.22. The van der Waals surface area contributed by atoms with Crippen LogP contribution in [0.4, 0.5) is 10.1 Å². The van der Waals surface area contributed by atoms with Crippen molar-refractivity contribution >= 4 is 16.6 Å². The van der Waals surface area contributed by atoms with Crippen molar-refractivity contribution in [1.29, 1.82) is 0 Å². The summed E-state index contributed by atoms with van der Waals surface area (Å²) in [6, 6.07) is 10.9. The van der Waals surface area contributed by atoms with E-state index < -0.39 is 0 Å². The Hall–Kier alpha value is -2.40. The van der Waals surface area contributed by atoms with Crippen molar-refractivity contribution in [2.24, 2.45) is 0 Å². The fourth-order valence-electron chi connectivity index (χ4n) is 3.10. The number of furan rings is 1. The van der Waals surface area contributed by atoms with Crippen LogP contribution in [0.2, 0.25) is 0 Å². The van der Waals surface area contributed by atoms with Gasteiger partial charge in [0.1, 0.15) is 23.2 Å². The minimum absolute atomic E-state index is 0.115. The molecule has 0 amide bonds. The van der Waals surface area contributed by atoms with Gasteiger partial charge in [0.25, 0.3) is 0 Å². The second kappa shape index (κ2) is 5.66. The number of ether oxygens (including phenoxy) is 1. The highest BCUT2D eigenvalue weighted by Gasteiger charge is 2.25. The molecule has 1 atom stereocenters. The molecule has 0 N–H and O–H groups in total. The molecule has 23 heavy (non-hydrogen) atoms. The Bertz CT molecular complexity index is 832. The van der Waals surface area contributed by atoms with Crippen LogP contribution in [0.15, 0.2) is 47.1 Å². The second-order valence-corrected chi connectivity index (χ2v) is 5.74. The maximum atomic E-state index is 14.1. The van der Waals surface area contributed by atoms with E-state index in [0.717, 1.165) is 29.1 Å². The zero-order valence-electron chi connectivity index (χ0n) is 12.8. The number of aromatic nitrogens is 1. The van der Waals surface area contributed by atoms with Crippen LogP contribution in [0.3, 0.4) is 0 Å². The SMILES string of the molecule is Cc1cc(N2CCOC(c3ccco3)C2)c2cccc(F)c2n1. The van der Waals surface area contributed by atoms with E-state index in [9.17, 15) is 4.39 Å². The molecule has 0 saturated carbocycles. The van der Waals surface area contributed by atoms with Crippen molar-refractivity contribution < 1.29 is 13.5 Å². The first-order valence-corrected chi connectivity index (χ1v) is 7.68. The fraction of sp³-hybridized carbons (Fsp3) is 0.278. The molecule has 1 unspecified atom stereocenters. The number of hydrogen-bond donors (Lipinski definition) is 0. The molecule has 1 fully saturated rings. The zero-order chi connectivity index (χ0) is 15.8. The average Bonchev–Trinajstić information content (AvgIpc) is 3.10. The van der Waals surface area contributed by atoms with Crippen molar-refractivity contribution in [3.8, 4) is 0 Å². The molecule has 2 aromatic heterocycles. The third-order valence-electron chi connectivity index (χ3n) is 4.16.